The maximum atomic E-state index is 12.6. The van der Waals surface area contributed by atoms with E-state index in [1.807, 2.05) is 30.3 Å². The van der Waals surface area contributed by atoms with Crippen molar-refractivity contribution < 1.29 is 19.1 Å². The van der Waals surface area contributed by atoms with E-state index in [1.165, 1.54) is 0 Å². The van der Waals surface area contributed by atoms with E-state index in [-0.39, 0.29) is 16.9 Å². The Bertz CT molecular complexity index is 1120. The fourth-order valence-corrected chi connectivity index (χ4v) is 3.30. The molecule has 0 saturated heterocycles. The third-order valence-electron chi connectivity index (χ3n) is 4.91. The summed E-state index contributed by atoms with van der Waals surface area (Å²) in [6.07, 6.45) is 1.96. The lowest BCUT2D eigenvalue weighted by Crippen LogP contribution is -2.34. The van der Waals surface area contributed by atoms with Crippen LogP contribution in [0.1, 0.15) is 40.5 Å². The van der Waals surface area contributed by atoms with E-state index >= 15 is 0 Å². The summed E-state index contributed by atoms with van der Waals surface area (Å²) >= 11 is 5.26. The number of carbonyl (C=O) groups is 2. The van der Waals surface area contributed by atoms with Crippen molar-refractivity contribution in [1.82, 2.24) is 10.6 Å². The first-order valence-corrected chi connectivity index (χ1v) is 11.9. The van der Waals surface area contributed by atoms with Crippen LogP contribution in [0.4, 0.5) is 5.69 Å². The van der Waals surface area contributed by atoms with Gasteiger partial charge in [-0.05, 0) is 73.2 Å². The molecule has 8 heteroatoms. The highest BCUT2D eigenvalue weighted by atomic mass is 32.1. The molecule has 0 unspecified atom stereocenters. The molecular weight excluding hydrogens is 462 g/mol. The predicted octanol–water partition coefficient (Wildman–Crippen LogP) is 4.80. The lowest BCUT2D eigenvalue weighted by Gasteiger charge is -2.12. The highest BCUT2D eigenvalue weighted by Crippen LogP contribution is 2.14. The van der Waals surface area contributed by atoms with Crippen molar-refractivity contribution in [3.8, 4) is 11.5 Å². The second-order valence-corrected chi connectivity index (χ2v) is 8.04. The Kier molecular flexibility index (Phi) is 10.1. The maximum absolute atomic E-state index is 12.6. The van der Waals surface area contributed by atoms with Crippen LogP contribution in [0.25, 0.3) is 0 Å². The zero-order valence-electron chi connectivity index (χ0n) is 19.6. The summed E-state index contributed by atoms with van der Waals surface area (Å²) in [6, 6.07) is 23.2. The molecule has 35 heavy (non-hydrogen) atoms. The van der Waals surface area contributed by atoms with Gasteiger partial charge in [0.15, 0.2) is 5.11 Å². The molecule has 0 radical (unpaired) electrons. The Morgan fingerprint density at radius 2 is 1.49 bits per heavy atom. The van der Waals surface area contributed by atoms with Crippen LogP contribution in [0.2, 0.25) is 0 Å². The van der Waals surface area contributed by atoms with Gasteiger partial charge < -0.3 is 20.1 Å². The summed E-state index contributed by atoms with van der Waals surface area (Å²) in [5, 5.41) is 8.63. The molecule has 0 aliphatic heterocycles. The zero-order valence-corrected chi connectivity index (χ0v) is 20.4. The number of carbonyl (C=O) groups excluding carboxylic acids is 2. The third-order valence-corrected chi connectivity index (χ3v) is 5.11. The van der Waals surface area contributed by atoms with Gasteiger partial charge in [-0.1, -0.05) is 37.6 Å². The molecule has 7 nitrogen and oxygen atoms in total. The van der Waals surface area contributed by atoms with Crippen LogP contribution in [-0.4, -0.2) is 36.7 Å². The number of rotatable bonds is 11. The molecule has 0 aliphatic rings. The van der Waals surface area contributed by atoms with Crippen molar-refractivity contribution in [3.05, 3.63) is 90.0 Å². The fourth-order valence-electron chi connectivity index (χ4n) is 3.09. The normalized spacial score (nSPS) is 10.2. The second kappa shape index (κ2) is 13.7. The van der Waals surface area contributed by atoms with Crippen LogP contribution in [0.15, 0.2) is 78.9 Å². The molecule has 0 aliphatic carbocycles. The standard InChI is InChI=1S/C27H29N3O4S/c1-2-3-16-28-25(31)20-12-14-22(15-13-20)29-27(35)30-26(32)21-8-7-11-24(19-21)34-18-17-33-23-9-5-4-6-10-23/h4-15,19H,2-3,16-18H2,1H3,(H,28,31)(H2,29,30,32,35). The minimum atomic E-state index is -0.361. The molecule has 0 heterocycles. The summed E-state index contributed by atoms with van der Waals surface area (Å²) in [7, 11) is 0. The Morgan fingerprint density at radius 1 is 0.800 bits per heavy atom. The van der Waals surface area contributed by atoms with Gasteiger partial charge in [-0.3, -0.25) is 14.9 Å². The van der Waals surface area contributed by atoms with Crippen LogP contribution in [0, 0.1) is 0 Å². The molecule has 0 aromatic heterocycles. The molecule has 0 spiro atoms. The van der Waals surface area contributed by atoms with E-state index in [4.69, 9.17) is 21.7 Å². The minimum Gasteiger partial charge on any atom is -0.490 e. The predicted molar refractivity (Wildman–Crippen MR) is 141 cm³/mol. The van der Waals surface area contributed by atoms with Gasteiger partial charge >= 0.3 is 0 Å². The molecule has 3 rings (SSSR count). The van der Waals surface area contributed by atoms with Gasteiger partial charge in [0.2, 0.25) is 0 Å². The highest BCUT2D eigenvalue weighted by molar-refractivity contribution is 7.80. The molecule has 2 amide bonds. The molecule has 0 saturated carbocycles. The van der Waals surface area contributed by atoms with E-state index in [0.717, 1.165) is 18.6 Å². The van der Waals surface area contributed by atoms with Gasteiger partial charge in [-0.2, -0.15) is 0 Å². The fraction of sp³-hybridized carbons (Fsp3) is 0.222. The average molecular weight is 492 g/mol. The van der Waals surface area contributed by atoms with Crippen molar-refractivity contribution in [3.63, 3.8) is 0 Å². The molecule has 3 N–H and O–H groups in total. The van der Waals surface area contributed by atoms with E-state index in [1.54, 1.807) is 48.5 Å². The largest absolute Gasteiger partial charge is 0.490 e. The Labute approximate surface area is 210 Å². The van der Waals surface area contributed by atoms with Crippen LogP contribution in [0.5, 0.6) is 11.5 Å². The quantitative estimate of drug-likeness (QED) is 0.264. The van der Waals surface area contributed by atoms with Gasteiger partial charge in [-0.25, -0.2) is 0 Å². The molecule has 3 aromatic carbocycles. The number of para-hydroxylation sites is 1. The summed E-state index contributed by atoms with van der Waals surface area (Å²) in [5.74, 6) is 0.853. The summed E-state index contributed by atoms with van der Waals surface area (Å²) in [6.45, 7) is 3.45. The summed E-state index contributed by atoms with van der Waals surface area (Å²) < 4.78 is 11.3. The van der Waals surface area contributed by atoms with Crippen LogP contribution < -0.4 is 25.4 Å². The van der Waals surface area contributed by atoms with Gasteiger partial charge in [0.05, 0.1) is 0 Å². The SMILES string of the molecule is CCCCNC(=O)c1ccc(NC(=S)NC(=O)c2cccc(OCCOc3ccccc3)c2)cc1. The van der Waals surface area contributed by atoms with Crippen molar-refractivity contribution in [2.45, 2.75) is 19.8 Å². The van der Waals surface area contributed by atoms with Crippen molar-refractivity contribution >= 4 is 34.8 Å². The lowest BCUT2D eigenvalue weighted by atomic mass is 10.2. The Hall–Kier alpha value is -3.91. The van der Waals surface area contributed by atoms with Crippen molar-refractivity contribution in [2.24, 2.45) is 0 Å². The number of hydrogen-bond acceptors (Lipinski definition) is 5. The first kappa shape index (κ1) is 25.7. The maximum Gasteiger partial charge on any atom is 0.257 e. The number of hydrogen-bond donors (Lipinski definition) is 3. The molecule has 182 valence electrons. The van der Waals surface area contributed by atoms with E-state index in [2.05, 4.69) is 22.9 Å². The number of anilines is 1. The minimum absolute atomic E-state index is 0.116. The number of amides is 2. The van der Waals surface area contributed by atoms with Crippen molar-refractivity contribution in [2.75, 3.05) is 25.1 Å². The van der Waals surface area contributed by atoms with Crippen LogP contribution in [0.3, 0.4) is 0 Å². The van der Waals surface area contributed by atoms with Gasteiger partial charge in [0.1, 0.15) is 24.7 Å². The number of nitrogens with one attached hydrogen (secondary N) is 3. The lowest BCUT2D eigenvalue weighted by molar-refractivity contribution is 0.0950. The Balaban J connectivity index is 1.45. The van der Waals surface area contributed by atoms with Gasteiger partial charge in [0.25, 0.3) is 11.8 Å². The number of unbranched alkanes of at least 4 members (excludes halogenated alkanes) is 1. The van der Waals surface area contributed by atoms with Gasteiger partial charge in [-0.15, -0.1) is 0 Å². The monoisotopic (exact) mass is 491 g/mol. The molecular formula is C27H29N3O4S. The summed E-state index contributed by atoms with van der Waals surface area (Å²) in [4.78, 5) is 24.7. The number of thiocarbonyl (C=S) groups is 1. The molecule has 3 aromatic rings. The third kappa shape index (κ3) is 8.75. The van der Waals surface area contributed by atoms with Crippen LogP contribution in [-0.2, 0) is 0 Å². The Morgan fingerprint density at radius 3 is 2.20 bits per heavy atom. The first-order valence-electron chi connectivity index (χ1n) is 11.5. The number of benzene rings is 3. The topological polar surface area (TPSA) is 88.7 Å². The smallest absolute Gasteiger partial charge is 0.257 e. The molecule has 0 bridgehead atoms. The van der Waals surface area contributed by atoms with E-state index < -0.39 is 0 Å². The second-order valence-electron chi connectivity index (χ2n) is 7.63. The van der Waals surface area contributed by atoms with Gasteiger partial charge in [0, 0.05) is 23.4 Å². The number of ether oxygens (including phenoxy) is 2. The van der Waals surface area contributed by atoms with E-state index in [9.17, 15) is 9.59 Å². The molecule has 0 fully saturated rings. The summed E-state index contributed by atoms with van der Waals surface area (Å²) in [5.41, 5.74) is 1.64. The first-order chi connectivity index (χ1) is 17.0. The van der Waals surface area contributed by atoms with E-state index in [0.29, 0.717) is 42.3 Å². The zero-order chi connectivity index (χ0) is 24.9. The molecule has 0 atom stereocenters. The average Bonchev–Trinajstić information content (AvgIpc) is 2.88. The van der Waals surface area contributed by atoms with Crippen LogP contribution >= 0.6 is 12.2 Å². The highest BCUT2D eigenvalue weighted by Gasteiger charge is 2.10. The van der Waals surface area contributed by atoms with Crippen molar-refractivity contribution in [1.29, 1.82) is 0 Å².